The third-order valence-electron chi connectivity index (χ3n) is 3.23. The van der Waals surface area contributed by atoms with E-state index in [-0.39, 0.29) is 23.8 Å². The lowest BCUT2D eigenvalue weighted by Crippen LogP contribution is -2.47. The van der Waals surface area contributed by atoms with Gasteiger partial charge in [-0.1, -0.05) is 0 Å². The molecule has 0 aliphatic carbocycles. The van der Waals surface area contributed by atoms with Crippen LogP contribution in [0, 0.1) is 16.0 Å². The first-order valence-corrected chi connectivity index (χ1v) is 6.39. The lowest BCUT2D eigenvalue weighted by Gasteiger charge is -2.40. The summed E-state index contributed by atoms with van der Waals surface area (Å²) in [6.07, 6.45) is 0.155. The standard InChI is InChI=1S/C13H16N2O5/c1-2-20-12-6-10(3-4-11(12)15(18)19)14-7-9(8-14)5-13(16)17/h3-4,6,9H,2,5,7-8H2,1H3,(H,16,17). The summed E-state index contributed by atoms with van der Waals surface area (Å²) in [5, 5.41) is 19.6. The van der Waals surface area contributed by atoms with Gasteiger partial charge in [0.1, 0.15) is 0 Å². The zero-order chi connectivity index (χ0) is 14.7. The van der Waals surface area contributed by atoms with Crippen LogP contribution in [0.3, 0.4) is 0 Å². The van der Waals surface area contributed by atoms with Gasteiger partial charge in [-0.15, -0.1) is 0 Å². The summed E-state index contributed by atoms with van der Waals surface area (Å²) in [5.74, 6) is -0.414. The molecule has 7 nitrogen and oxygen atoms in total. The topological polar surface area (TPSA) is 92.9 Å². The van der Waals surface area contributed by atoms with Gasteiger partial charge in [-0.3, -0.25) is 14.9 Å². The van der Waals surface area contributed by atoms with Crippen molar-refractivity contribution in [3.63, 3.8) is 0 Å². The van der Waals surface area contributed by atoms with Gasteiger partial charge in [0.2, 0.25) is 0 Å². The average Bonchev–Trinajstić information content (AvgIpc) is 2.33. The molecule has 1 aromatic rings. The molecule has 1 saturated heterocycles. The van der Waals surface area contributed by atoms with E-state index in [9.17, 15) is 14.9 Å². The molecule has 0 amide bonds. The van der Waals surface area contributed by atoms with Crippen LogP contribution in [0.5, 0.6) is 5.75 Å². The summed E-state index contributed by atoms with van der Waals surface area (Å²) in [6.45, 7) is 3.42. The van der Waals surface area contributed by atoms with Crippen molar-refractivity contribution in [2.45, 2.75) is 13.3 Å². The van der Waals surface area contributed by atoms with E-state index in [1.807, 2.05) is 4.90 Å². The fourth-order valence-corrected chi connectivity index (χ4v) is 2.28. The summed E-state index contributed by atoms with van der Waals surface area (Å²) >= 11 is 0. The highest BCUT2D eigenvalue weighted by molar-refractivity contribution is 5.68. The van der Waals surface area contributed by atoms with Crippen LogP contribution >= 0.6 is 0 Å². The van der Waals surface area contributed by atoms with Crippen molar-refractivity contribution >= 4 is 17.3 Å². The number of benzene rings is 1. The maximum atomic E-state index is 10.9. The molecule has 20 heavy (non-hydrogen) atoms. The van der Waals surface area contributed by atoms with E-state index in [1.54, 1.807) is 19.1 Å². The number of nitro benzene ring substituents is 1. The van der Waals surface area contributed by atoms with Gasteiger partial charge in [0, 0.05) is 36.8 Å². The van der Waals surface area contributed by atoms with Crippen LogP contribution in [0.15, 0.2) is 18.2 Å². The van der Waals surface area contributed by atoms with Crippen LogP contribution in [0.2, 0.25) is 0 Å². The fourth-order valence-electron chi connectivity index (χ4n) is 2.28. The van der Waals surface area contributed by atoms with Crippen LogP contribution < -0.4 is 9.64 Å². The normalized spacial score (nSPS) is 14.8. The van der Waals surface area contributed by atoms with E-state index >= 15 is 0 Å². The Morgan fingerprint density at radius 2 is 2.25 bits per heavy atom. The number of anilines is 1. The van der Waals surface area contributed by atoms with E-state index in [0.29, 0.717) is 19.7 Å². The third kappa shape index (κ3) is 2.98. The maximum absolute atomic E-state index is 10.9. The molecular weight excluding hydrogens is 264 g/mol. The van der Waals surface area contributed by atoms with Gasteiger partial charge in [0.05, 0.1) is 18.0 Å². The quantitative estimate of drug-likeness (QED) is 0.632. The number of ether oxygens (including phenoxy) is 1. The minimum Gasteiger partial charge on any atom is -0.487 e. The number of rotatable bonds is 6. The Kier molecular flexibility index (Phi) is 4.07. The predicted octanol–water partition coefficient (Wildman–Crippen LogP) is 1.90. The second-order valence-corrected chi connectivity index (χ2v) is 4.71. The minimum atomic E-state index is -0.798. The maximum Gasteiger partial charge on any atom is 0.311 e. The zero-order valence-electron chi connectivity index (χ0n) is 11.1. The Morgan fingerprint density at radius 3 is 2.80 bits per heavy atom. The van der Waals surface area contributed by atoms with Crippen molar-refractivity contribution in [2.24, 2.45) is 5.92 Å². The van der Waals surface area contributed by atoms with Gasteiger partial charge in [0.25, 0.3) is 0 Å². The summed E-state index contributed by atoms with van der Waals surface area (Å²) in [5.41, 5.74) is 0.763. The lowest BCUT2D eigenvalue weighted by molar-refractivity contribution is -0.385. The molecule has 0 atom stereocenters. The van der Waals surface area contributed by atoms with Crippen molar-refractivity contribution < 1.29 is 19.6 Å². The molecule has 1 N–H and O–H groups in total. The number of aliphatic carboxylic acids is 1. The highest BCUT2D eigenvalue weighted by Crippen LogP contribution is 2.34. The Hall–Kier alpha value is -2.31. The molecule has 1 heterocycles. The molecule has 0 aromatic heterocycles. The molecule has 1 fully saturated rings. The lowest BCUT2D eigenvalue weighted by atomic mass is 9.95. The molecule has 1 aromatic carbocycles. The van der Waals surface area contributed by atoms with Gasteiger partial charge in [-0.05, 0) is 13.0 Å². The van der Waals surface area contributed by atoms with Gasteiger partial charge >= 0.3 is 11.7 Å². The van der Waals surface area contributed by atoms with E-state index in [0.717, 1.165) is 5.69 Å². The number of carboxylic acids is 1. The second kappa shape index (κ2) is 5.77. The fraction of sp³-hybridized carbons (Fsp3) is 0.462. The minimum absolute atomic E-state index is 0.0572. The largest absolute Gasteiger partial charge is 0.487 e. The SMILES string of the molecule is CCOc1cc(N2CC(CC(=O)O)C2)ccc1[N+](=O)[O-]. The van der Waals surface area contributed by atoms with E-state index in [2.05, 4.69) is 0 Å². The summed E-state index contributed by atoms with van der Waals surface area (Å²) in [4.78, 5) is 23.0. The highest BCUT2D eigenvalue weighted by Gasteiger charge is 2.29. The molecule has 0 saturated carbocycles. The summed E-state index contributed by atoms with van der Waals surface area (Å²) < 4.78 is 5.29. The summed E-state index contributed by atoms with van der Waals surface area (Å²) in [7, 11) is 0. The molecule has 0 radical (unpaired) electrons. The monoisotopic (exact) mass is 280 g/mol. The first kappa shape index (κ1) is 14.1. The number of carbonyl (C=O) groups is 1. The average molecular weight is 280 g/mol. The van der Waals surface area contributed by atoms with E-state index in [1.165, 1.54) is 6.07 Å². The van der Waals surface area contributed by atoms with Crippen LogP contribution in [0.4, 0.5) is 11.4 Å². The number of nitrogens with zero attached hydrogens (tertiary/aromatic N) is 2. The predicted molar refractivity (Wildman–Crippen MR) is 72.2 cm³/mol. The molecule has 1 aliphatic heterocycles. The smallest absolute Gasteiger partial charge is 0.311 e. The second-order valence-electron chi connectivity index (χ2n) is 4.71. The molecule has 0 spiro atoms. The zero-order valence-corrected chi connectivity index (χ0v) is 11.1. The third-order valence-corrected chi connectivity index (χ3v) is 3.23. The molecule has 0 bridgehead atoms. The van der Waals surface area contributed by atoms with Crippen LogP contribution in [-0.4, -0.2) is 35.7 Å². The van der Waals surface area contributed by atoms with Crippen molar-refractivity contribution in [3.8, 4) is 5.75 Å². The van der Waals surface area contributed by atoms with Crippen molar-refractivity contribution in [2.75, 3.05) is 24.6 Å². The van der Waals surface area contributed by atoms with Crippen molar-refractivity contribution in [3.05, 3.63) is 28.3 Å². The van der Waals surface area contributed by atoms with Gasteiger partial charge in [-0.25, -0.2) is 0 Å². The van der Waals surface area contributed by atoms with E-state index in [4.69, 9.17) is 9.84 Å². The molecule has 108 valence electrons. The Bertz CT molecular complexity index is 525. The molecule has 1 aliphatic rings. The number of hydrogen-bond acceptors (Lipinski definition) is 5. The van der Waals surface area contributed by atoms with Crippen molar-refractivity contribution in [1.82, 2.24) is 0 Å². The highest BCUT2D eigenvalue weighted by atomic mass is 16.6. The number of carboxylic acid groups (broad SMARTS) is 1. The molecule has 2 rings (SSSR count). The first-order chi connectivity index (χ1) is 9.51. The molecule has 0 unspecified atom stereocenters. The number of nitro groups is 1. The first-order valence-electron chi connectivity index (χ1n) is 6.39. The van der Waals surface area contributed by atoms with Gasteiger partial charge in [-0.2, -0.15) is 0 Å². The Balaban J connectivity index is 2.09. The van der Waals surface area contributed by atoms with Crippen LogP contribution in [0.1, 0.15) is 13.3 Å². The van der Waals surface area contributed by atoms with Gasteiger partial charge in [0.15, 0.2) is 5.75 Å². The molecule has 7 heteroatoms. The van der Waals surface area contributed by atoms with Crippen LogP contribution in [-0.2, 0) is 4.79 Å². The van der Waals surface area contributed by atoms with E-state index < -0.39 is 10.9 Å². The Morgan fingerprint density at radius 1 is 1.55 bits per heavy atom. The van der Waals surface area contributed by atoms with Gasteiger partial charge < -0.3 is 14.7 Å². The van der Waals surface area contributed by atoms with Crippen molar-refractivity contribution in [1.29, 1.82) is 0 Å². The molecular formula is C13H16N2O5. The van der Waals surface area contributed by atoms with Crippen LogP contribution in [0.25, 0.3) is 0 Å². The Labute approximate surface area is 115 Å². The number of hydrogen-bond donors (Lipinski definition) is 1. The summed E-state index contributed by atoms with van der Waals surface area (Å²) in [6, 6.07) is 4.72.